The van der Waals surface area contributed by atoms with Crippen molar-refractivity contribution in [3.63, 3.8) is 0 Å². The van der Waals surface area contributed by atoms with Crippen LogP contribution in [0.3, 0.4) is 0 Å². The Bertz CT molecular complexity index is 948. The lowest BCUT2D eigenvalue weighted by atomic mass is 9.89. The van der Waals surface area contributed by atoms with E-state index in [1.54, 1.807) is 6.07 Å². The maximum absolute atomic E-state index is 12.3. The number of nitrogens with one attached hydrogen (secondary N) is 1. The normalized spacial score (nSPS) is 15.5. The third-order valence-electron chi connectivity index (χ3n) is 4.44. The summed E-state index contributed by atoms with van der Waals surface area (Å²) in [5.41, 5.74) is 7.00. The summed E-state index contributed by atoms with van der Waals surface area (Å²) in [6.45, 7) is 1.87. The molecule has 0 aliphatic heterocycles. The van der Waals surface area contributed by atoms with Crippen LogP contribution in [0.2, 0.25) is 5.02 Å². The second kappa shape index (κ2) is 7.99. The smallest absolute Gasteiger partial charge is 0.262 e. The maximum atomic E-state index is 12.3. The summed E-state index contributed by atoms with van der Waals surface area (Å²) >= 11 is 7.30. The molecule has 0 saturated heterocycles. The predicted octanol–water partition coefficient (Wildman–Crippen LogP) is 3.51. The standard InChI is InChI=1S/C19H18ClN3O3S/c1-10-2-4-12-14(8-21)19(27-16(12)6-10)23-17(24)9-26-15-5-3-11(20)7-13(15)18(22)25/h3,5,7,10H,2,4,6,9H2,1H3,(H2,22,25)(H,23,24). The largest absolute Gasteiger partial charge is 0.483 e. The van der Waals surface area contributed by atoms with Crippen LogP contribution in [0.15, 0.2) is 18.2 Å². The van der Waals surface area contributed by atoms with Crippen LogP contribution in [0.1, 0.15) is 39.7 Å². The molecule has 0 fully saturated rings. The molecule has 140 valence electrons. The molecule has 0 spiro atoms. The van der Waals surface area contributed by atoms with Gasteiger partial charge in [0.05, 0.1) is 11.1 Å². The number of nitrogens with zero attached hydrogens (tertiary/aromatic N) is 1. The van der Waals surface area contributed by atoms with E-state index >= 15 is 0 Å². The van der Waals surface area contributed by atoms with Gasteiger partial charge in [0, 0.05) is 9.90 Å². The summed E-state index contributed by atoms with van der Waals surface area (Å²) in [6, 6.07) is 6.63. The number of amides is 2. The lowest BCUT2D eigenvalue weighted by Crippen LogP contribution is -2.21. The SMILES string of the molecule is CC1CCc2c(sc(NC(=O)COc3ccc(Cl)cc3C(N)=O)c2C#N)C1. The molecule has 3 rings (SSSR count). The highest BCUT2D eigenvalue weighted by Gasteiger charge is 2.24. The number of primary amides is 1. The molecule has 1 aliphatic carbocycles. The van der Waals surface area contributed by atoms with E-state index in [-0.39, 0.29) is 17.9 Å². The van der Waals surface area contributed by atoms with E-state index in [2.05, 4.69) is 18.3 Å². The van der Waals surface area contributed by atoms with E-state index in [9.17, 15) is 14.9 Å². The van der Waals surface area contributed by atoms with Crippen molar-refractivity contribution in [2.24, 2.45) is 11.7 Å². The third kappa shape index (κ3) is 4.24. The fourth-order valence-corrected chi connectivity index (χ4v) is 4.63. The monoisotopic (exact) mass is 403 g/mol. The maximum Gasteiger partial charge on any atom is 0.262 e. The van der Waals surface area contributed by atoms with E-state index < -0.39 is 11.8 Å². The summed E-state index contributed by atoms with van der Waals surface area (Å²) < 4.78 is 5.43. The van der Waals surface area contributed by atoms with Gasteiger partial charge in [-0.25, -0.2) is 0 Å². The highest BCUT2D eigenvalue weighted by molar-refractivity contribution is 7.16. The minimum absolute atomic E-state index is 0.105. The summed E-state index contributed by atoms with van der Waals surface area (Å²) in [5.74, 6) is -0.350. The van der Waals surface area contributed by atoms with E-state index in [4.69, 9.17) is 22.1 Å². The van der Waals surface area contributed by atoms with Crippen molar-refractivity contribution in [3.8, 4) is 11.8 Å². The molecule has 1 unspecified atom stereocenters. The molecule has 1 aromatic heterocycles. The number of nitrogens with two attached hydrogens (primary N) is 1. The number of halogens is 1. The van der Waals surface area contributed by atoms with Gasteiger partial charge >= 0.3 is 0 Å². The number of anilines is 1. The first-order valence-corrected chi connectivity index (χ1v) is 9.65. The molecular weight excluding hydrogens is 386 g/mol. The Balaban J connectivity index is 1.71. The molecule has 1 heterocycles. The van der Waals surface area contributed by atoms with Crippen LogP contribution >= 0.6 is 22.9 Å². The third-order valence-corrected chi connectivity index (χ3v) is 5.85. The molecule has 3 N–H and O–H groups in total. The van der Waals surface area contributed by atoms with Crippen LogP contribution in [-0.4, -0.2) is 18.4 Å². The zero-order chi connectivity index (χ0) is 19.6. The van der Waals surface area contributed by atoms with E-state index in [0.717, 1.165) is 29.7 Å². The van der Waals surface area contributed by atoms with Gasteiger partial charge in [-0.15, -0.1) is 11.3 Å². The van der Waals surface area contributed by atoms with Crippen molar-refractivity contribution in [1.82, 2.24) is 0 Å². The highest BCUT2D eigenvalue weighted by Crippen LogP contribution is 2.39. The molecule has 2 amide bonds. The van der Waals surface area contributed by atoms with E-state index in [0.29, 0.717) is 21.5 Å². The molecule has 0 radical (unpaired) electrons. The van der Waals surface area contributed by atoms with Gasteiger partial charge in [-0.2, -0.15) is 5.26 Å². The molecule has 0 saturated carbocycles. The van der Waals surface area contributed by atoms with Gasteiger partial charge in [0.1, 0.15) is 16.8 Å². The molecule has 2 aromatic rings. The minimum atomic E-state index is -0.695. The van der Waals surface area contributed by atoms with Crippen molar-refractivity contribution in [2.45, 2.75) is 26.2 Å². The molecular formula is C19H18ClN3O3S. The molecule has 6 nitrogen and oxygen atoms in total. The van der Waals surface area contributed by atoms with Crippen LogP contribution in [-0.2, 0) is 17.6 Å². The van der Waals surface area contributed by atoms with Gasteiger partial charge in [-0.1, -0.05) is 18.5 Å². The quantitative estimate of drug-likeness (QED) is 0.796. The van der Waals surface area contributed by atoms with E-state index in [1.807, 2.05) is 0 Å². The van der Waals surface area contributed by atoms with Gasteiger partial charge in [0.25, 0.3) is 11.8 Å². The minimum Gasteiger partial charge on any atom is -0.483 e. The Morgan fingerprint density at radius 3 is 2.96 bits per heavy atom. The number of hydrogen-bond donors (Lipinski definition) is 2. The van der Waals surface area contributed by atoms with E-state index in [1.165, 1.54) is 23.5 Å². The summed E-state index contributed by atoms with van der Waals surface area (Å²) in [4.78, 5) is 24.9. The Hall–Kier alpha value is -2.56. The molecule has 1 aromatic carbocycles. The van der Waals surface area contributed by atoms with Crippen LogP contribution < -0.4 is 15.8 Å². The predicted molar refractivity (Wildman–Crippen MR) is 104 cm³/mol. The van der Waals surface area contributed by atoms with Gasteiger partial charge < -0.3 is 15.8 Å². The second-order valence-electron chi connectivity index (χ2n) is 6.51. The van der Waals surface area contributed by atoms with Crippen molar-refractivity contribution in [1.29, 1.82) is 5.26 Å². The van der Waals surface area contributed by atoms with Gasteiger partial charge in [-0.3, -0.25) is 9.59 Å². The molecule has 1 atom stereocenters. The first-order valence-electron chi connectivity index (χ1n) is 8.45. The number of fused-ring (bicyclic) bond motifs is 1. The number of carbonyl (C=O) groups excluding carboxylic acids is 2. The Morgan fingerprint density at radius 2 is 2.26 bits per heavy atom. The van der Waals surface area contributed by atoms with Crippen molar-refractivity contribution < 1.29 is 14.3 Å². The van der Waals surface area contributed by atoms with Crippen LogP contribution in [0.5, 0.6) is 5.75 Å². The fourth-order valence-electron chi connectivity index (χ4n) is 3.08. The average molecular weight is 404 g/mol. The first-order chi connectivity index (χ1) is 12.9. The van der Waals surface area contributed by atoms with Gasteiger partial charge in [-0.05, 0) is 48.9 Å². The zero-order valence-electron chi connectivity index (χ0n) is 14.7. The van der Waals surface area contributed by atoms with Crippen molar-refractivity contribution in [3.05, 3.63) is 44.8 Å². The van der Waals surface area contributed by atoms with Crippen LogP contribution in [0.25, 0.3) is 0 Å². The highest BCUT2D eigenvalue weighted by atomic mass is 35.5. The average Bonchev–Trinajstić information content (AvgIpc) is 2.96. The van der Waals surface area contributed by atoms with Gasteiger partial charge in [0.2, 0.25) is 0 Å². The topological polar surface area (TPSA) is 105 Å². The summed E-state index contributed by atoms with van der Waals surface area (Å²) in [5, 5.41) is 13.1. The first kappa shape index (κ1) is 19.2. The van der Waals surface area contributed by atoms with Crippen molar-refractivity contribution >= 4 is 39.8 Å². The zero-order valence-corrected chi connectivity index (χ0v) is 16.2. The number of carbonyl (C=O) groups is 2. The fraction of sp³-hybridized carbons (Fsp3) is 0.316. The van der Waals surface area contributed by atoms with Gasteiger partial charge in [0.15, 0.2) is 6.61 Å². The number of hydrogen-bond acceptors (Lipinski definition) is 5. The molecule has 27 heavy (non-hydrogen) atoms. The Kier molecular flexibility index (Phi) is 5.68. The lowest BCUT2D eigenvalue weighted by molar-refractivity contribution is -0.118. The molecule has 8 heteroatoms. The number of ether oxygens (including phenoxy) is 1. The summed E-state index contributed by atoms with van der Waals surface area (Å²) in [6.07, 6.45) is 2.82. The Labute approximate surface area is 165 Å². The molecule has 0 bridgehead atoms. The van der Waals surface area contributed by atoms with Crippen LogP contribution in [0, 0.1) is 17.2 Å². The number of nitriles is 1. The summed E-state index contributed by atoms with van der Waals surface area (Å²) in [7, 11) is 0. The number of benzene rings is 1. The second-order valence-corrected chi connectivity index (χ2v) is 8.05. The molecule has 1 aliphatic rings. The lowest BCUT2D eigenvalue weighted by Gasteiger charge is -2.17. The number of thiophene rings is 1. The number of rotatable bonds is 5. The van der Waals surface area contributed by atoms with Crippen LogP contribution in [0.4, 0.5) is 5.00 Å². The Morgan fingerprint density at radius 1 is 1.48 bits per heavy atom. The van der Waals surface area contributed by atoms with Crippen molar-refractivity contribution in [2.75, 3.05) is 11.9 Å².